The van der Waals surface area contributed by atoms with Gasteiger partial charge in [0.2, 0.25) is 5.88 Å². The maximum Gasteiger partial charge on any atom is 0.263 e. The minimum absolute atomic E-state index is 0.0410. The van der Waals surface area contributed by atoms with Gasteiger partial charge in [-0.1, -0.05) is 5.21 Å². The number of aliphatic hydroxyl groups excluding tert-OH is 4. The lowest BCUT2D eigenvalue weighted by Gasteiger charge is -2.39. The molecule has 22 heteroatoms. The molecule has 0 spiro atoms. The Labute approximate surface area is 400 Å². The van der Waals surface area contributed by atoms with Crippen LogP contribution in [0.15, 0.2) is 37.7 Å². The first-order chi connectivity index (χ1) is 33.1. The number of aromatic nitrogens is 5. The van der Waals surface area contributed by atoms with Gasteiger partial charge in [0.15, 0.2) is 6.29 Å². The van der Waals surface area contributed by atoms with E-state index in [1.54, 1.807) is 16.9 Å². The maximum atomic E-state index is 14.6. The average Bonchev–Trinajstić information content (AvgIpc) is 3.77. The molecular formula is C47H71N9O13. The fourth-order valence-corrected chi connectivity index (χ4v) is 8.63. The molecule has 4 heterocycles. The number of nitrogens with zero attached hydrogens (tertiary/aromatic N) is 9. The molecule has 2 aromatic heterocycles. The molecule has 2 aliphatic heterocycles. The van der Waals surface area contributed by atoms with Crippen LogP contribution in [0.4, 0.5) is 0 Å². The van der Waals surface area contributed by atoms with Gasteiger partial charge in [0, 0.05) is 42.5 Å². The summed E-state index contributed by atoms with van der Waals surface area (Å²) in [6.45, 7) is 4.43. The van der Waals surface area contributed by atoms with Crippen molar-refractivity contribution in [3.05, 3.63) is 66.0 Å². The summed E-state index contributed by atoms with van der Waals surface area (Å²) in [6.07, 6.45) is -1.93. The lowest BCUT2D eigenvalue weighted by molar-refractivity contribution is -0.302. The van der Waals surface area contributed by atoms with Crippen molar-refractivity contribution < 1.29 is 49.2 Å². The van der Waals surface area contributed by atoms with Crippen LogP contribution in [-0.4, -0.2) is 210 Å². The SMILES string of the molecule is CN(C)CCCc1cc2c(O)n(CCCN(C)C)c(=O)c3c(=NCCCn4cc(COCCOCCOCCO[C@H]5O[C@H](CO)[C@@H](O)[C@H](O)[C@@H]5O)nn4)cc4c(=O)n(CCCN(C)C)c(=O)c1c-4c23. The molecule has 0 bridgehead atoms. The number of aromatic hydroxyl groups is 1. The number of benzene rings is 2. The lowest BCUT2D eigenvalue weighted by atomic mass is 9.87. The largest absolute Gasteiger partial charge is 0.494 e. The smallest absolute Gasteiger partial charge is 0.263 e. The minimum Gasteiger partial charge on any atom is -0.494 e. The summed E-state index contributed by atoms with van der Waals surface area (Å²) < 4.78 is 31.8. The molecule has 69 heavy (non-hydrogen) atoms. The van der Waals surface area contributed by atoms with Crippen LogP contribution in [0.2, 0.25) is 0 Å². The zero-order chi connectivity index (χ0) is 49.8. The second kappa shape index (κ2) is 25.5. The number of aliphatic hydroxyl groups is 4. The minimum atomic E-state index is -1.51. The summed E-state index contributed by atoms with van der Waals surface area (Å²) in [5.41, 5.74) is 0.788. The molecule has 0 saturated carbocycles. The molecule has 3 aromatic rings. The van der Waals surface area contributed by atoms with Gasteiger partial charge >= 0.3 is 0 Å². The van der Waals surface area contributed by atoms with Gasteiger partial charge in [0.05, 0.1) is 80.7 Å². The van der Waals surface area contributed by atoms with E-state index in [9.17, 15) is 39.9 Å². The van der Waals surface area contributed by atoms with Crippen LogP contribution in [0.5, 0.6) is 5.88 Å². The van der Waals surface area contributed by atoms with Crippen LogP contribution in [0.25, 0.3) is 32.7 Å². The Morgan fingerprint density at radius 1 is 0.710 bits per heavy atom. The second-order valence-electron chi connectivity index (χ2n) is 18.3. The lowest BCUT2D eigenvalue weighted by Crippen LogP contribution is -2.59. The molecular weight excluding hydrogens is 899 g/mol. The topological polar surface area (TPSA) is 261 Å². The van der Waals surface area contributed by atoms with Crippen molar-refractivity contribution in [2.45, 2.75) is 89.1 Å². The van der Waals surface area contributed by atoms with E-state index in [-0.39, 0.29) is 62.9 Å². The molecule has 0 unspecified atom stereocenters. The van der Waals surface area contributed by atoms with Crippen molar-refractivity contribution in [1.29, 1.82) is 0 Å². The van der Waals surface area contributed by atoms with E-state index >= 15 is 0 Å². The van der Waals surface area contributed by atoms with Gasteiger partial charge in [0.1, 0.15) is 30.1 Å². The summed E-state index contributed by atoms with van der Waals surface area (Å²) >= 11 is 0. The Bertz CT molecular complexity index is 2600. The Hall–Kier alpha value is -4.56. The quantitative estimate of drug-likeness (QED) is 0.0276. The van der Waals surface area contributed by atoms with Crippen LogP contribution in [0.3, 0.4) is 0 Å². The standard InChI is InChI=1S/C47H71N9O13/c1-51(2)13-7-11-30-25-32-38-37-33(44(62)55(45(63)36(30)37)17-9-14-52(3)4)26-34(39(38)46(64)56(43(32)61)18-10-15-53(5)6)48-12-8-16-54-27-31(49-50-54)29-67-22-21-65-19-20-66-23-24-68-47-42(60)41(59)40(58)35(28-57)69-47/h25-27,35,40-42,47,57-61H,7-24,28-29H2,1-6H3/t35-,40-,41+,42+,47+/m1/s1. The Kier molecular flexibility index (Phi) is 19.9. The first kappa shape index (κ1) is 53.8. The molecule has 1 aromatic carbocycles. The number of hydrogen-bond donors (Lipinski definition) is 5. The van der Waals surface area contributed by atoms with Gasteiger partial charge in [-0.3, -0.25) is 33.2 Å². The predicted octanol–water partition coefficient (Wildman–Crippen LogP) is -1.29. The van der Waals surface area contributed by atoms with Gasteiger partial charge in [-0.05, 0) is 112 Å². The highest BCUT2D eigenvalue weighted by Gasteiger charge is 2.44. The van der Waals surface area contributed by atoms with Gasteiger partial charge in [0.25, 0.3) is 16.7 Å². The van der Waals surface area contributed by atoms with Crippen molar-refractivity contribution in [2.75, 3.05) is 115 Å². The fourth-order valence-electron chi connectivity index (χ4n) is 8.63. The molecule has 382 valence electrons. The van der Waals surface area contributed by atoms with E-state index in [1.807, 2.05) is 58.2 Å². The van der Waals surface area contributed by atoms with E-state index in [2.05, 4.69) is 15.2 Å². The van der Waals surface area contributed by atoms with E-state index < -0.39 is 48.4 Å². The molecule has 1 aliphatic carbocycles. The highest BCUT2D eigenvalue weighted by Crippen LogP contribution is 2.39. The van der Waals surface area contributed by atoms with Crippen molar-refractivity contribution in [1.82, 2.24) is 38.8 Å². The molecule has 3 aliphatic rings. The molecule has 6 rings (SSSR count). The maximum absolute atomic E-state index is 14.6. The first-order valence-corrected chi connectivity index (χ1v) is 23.7. The highest BCUT2D eigenvalue weighted by molar-refractivity contribution is 6.16. The molecule has 0 radical (unpaired) electrons. The number of aryl methyl sites for hydroxylation is 2. The number of ether oxygens (including phenoxy) is 5. The van der Waals surface area contributed by atoms with Crippen LogP contribution in [0.1, 0.15) is 36.9 Å². The van der Waals surface area contributed by atoms with E-state index in [4.69, 9.17) is 28.7 Å². The van der Waals surface area contributed by atoms with Crippen molar-refractivity contribution in [3.8, 4) is 17.0 Å². The molecule has 1 saturated heterocycles. The summed E-state index contributed by atoms with van der Waals surface area (Å²) in [4.78, 5) is 54.4. The summed E-state index contributed by atoms with van der Waals surface area (Å²) in [7, 11) is 11.8. The third-order valence-corrected chi connectivity index (χ3v) is 12.1. The fraction of sp³-hybridized carbons (Fsp3) is 0.660. The van der Waals surface area contributed by atoms with Gasteiger partial charge in [-0.2, -0.15) is 0 Å². The second-order valence-corrected chi connectivity index (χ2v) is 18.3. The molecule has 22 nitrogen and oxygen atoms in total. The third kappa shape index (κ3) is 13.4. The highest BCUT2D eigenvalue weighted by atomic mass is 16.7. The summed E-state index contributed by atoms with van der Waals surface area (Å²) in [5, 5.41) is 61.2. The Morgan fingerprint density at radius 2 is 1.33 bits per heavy atom. The van der Waals surface area contributed by atoms with Crippen LogP contribution < -0.4 is 22.0 Å². The third-order valence-electron chi connectivity index (χ3n) is 12.1. The van der Waals surface area contributed by atoms with E-state index in [0.717, 1.165) is 18.5 Å². The van der Waals surface area contributed by atoms with Crippen LogP contribution in [-0.2, 0) is 56.3 Å². The molecule has 0 amide bonds. The number of rotatable bonds is 29. The van der Waals surface area contributed by atoms with Crippen LogP contribution >= 0.6 is 0 Å². The van der Waals surface area contributed by atoms with Crippen LogP contribution in [0, 0.1) is 0 Å². The van der Waals surface area contributed by atoms with Crippen molar-refractivity contribution in [2.24, 2.45) is 4.99 Å². The first-order valence-electron chi connectivity index (χ1n) is 23.7. The molecule has 1 fully saturated rings. The Morgan fingerprint density at radius 3 is 2.00 bits per heavy atom. The number of hydrogen-bond acceptors (Lipinski definition) is 19. The van der Waals surface area contributed by atoms with Gasteiger partial charge in [-0.15, -0.1) is 5.10 Å². The van der Waals surface area contributed by atoms with E-state index in [0.29, 0.717) is 103 Å². The zero-order valence-electron chi connectivity index (χ0n) is 40.8. The van der Waals surface area contributed by atoms with Gasteiger partial charge < -0.3 is 63.9 Å². The molecule has 5 N–H and O–H groups in total. The zero-order valence-corrected chi connectivity index (χ0v) is 40.8. The van der Waals surface area contributed by atoms with Crippen molar-refractivity contribution in [3.63, 3.8) is 0 Å². The predicted molar refractivity (Wildman–Crippen MR) is 256 cm³/mol. The number of pyridine rings is 2. The monoisotopic (exact) mass is 970 g/mol. The van der Waals surface area contributed by atoms with E-state index in [1.165, 1.54) is 9.13 Å². The summed E-state index contributed by atoms with van der Waals surface area (Å²) in [5.74, 6) is -0.190. The van der Waals surface area contributed by atoms with Gasteiger partial charge in [-0.25, -0.2) is 0 Å². The molecule has 5 atom stereocenters. The average molecular weight is 970 g/mol. The van der Waals surface area contributed by atoms with Crippen molar-refractivity contribution >= 4 is 21.5 Å². The normalized spacial score (nSPS) is 19.3. The summed E-state index contributed by atoms with van der Waals surface area (Å²) in [6, 6.07) is 3.50. The Balaban J connectivity index is 1.10.